The van der Waals surface area contributed by atoms with E-state index in [1.54, 1.807) is 35.2 Å². The normalized spacial score (nSPS) is 13.5. The molecular formula is C23H24BrF4N3O4. The van der Waals surface area contributed by atoms with Crippen LogP contribution in [0, 0.1) is 5.82 Å². The van der Waals surface area contributed by atoms with Gasteiger partial charge in [-0.25, -0.2) is 9.18 Å². The summed E-state index contributed by atoms with van der Waals surface area (Å²) in [6, 6.07) is 13.3. The average molecular weight is 562 g/mol. The van der Waals surface area contributed by atoms with Crippen LogP contribution < -0.4 is 5.32 Å². The Balaban J connectivity index is 0.000000540. The first-order valence-corrected chi connectivity index (χ1v) is 11.3. The van der Waals surface area contributed by atoms with Gasteiger partial charge in [0.25, 0.3) is 5.91 Å². The molecular weight excluding hydrogens is 538 g/mol. The summed E-state index contributed by atoms with van der Waals surface area (Å²) in [6.45, 7) is 3.60. The molecule has 2 amide bonds. The predicted molar refractivity (Wildman–Crippen MR) is 123 cm³/mol. The van der Waals surface area contributed by atoms with Gasteiger partial charge in [-0.2, -0.15) is 13.2 Å². The standard InChI is InChI=1S/C21H23BrFN3O2.C2HF3O2/c22-18-3-1-2-17(14-18)21(28)26(15-16-4-6-19(23)7-5-16)11-8-20(27)25-12-9-24-10-13-25;3-2(4,5)1(6)7/h1-7,14,24H,8-13,15H2;(H,6,7). The monoisotopic (exact) mass is 561 g/mol. The maximum atomic E-state index is 13.2. The number of piperazine rings is 1. The average Bonchev–Trinajstić information content (AvgIpc) is 2.82. The largest absolute Gasteiger partial charge is 0.490 e. The number of hydrogen-bond acceptors (Lipinski definition) is 4. The Hall–Kier alpha value is -2.99. The lowest BCUT2D eigenvalue weighted by Gasteiger charge is -2.29. The van der Waals surface area contributed by atoms with Gasteiger partial charge in [-0.05, 0) is 35.9 Å². The molecule has 35 heavy (non-hydrogen) atoms. The van der Waals surface area contributed by atoms with E-state index in [-0.39, 0.29) is 24.1 Å². The minimum Gasteiger partial charge on any atom is -0.475 e. The lowest BCUT2D eigenvalue weighted by Crippen LogP contribution is -2.47. The summed E-state index contributed by atoms with van der Waals surface area (Å²) in [7, 11) is 0. The van der Waals surface area contributed by atoms with E-state index in [2.05, 4.69) is 21.2 Å². The number of aliphatic carboxylic acids is 1. The Kier molecular flexibility index (Phi) is 10.6. The molecule has 0 atom stereocenters. The van der Waals surface area contributed by atoms with Crippen molar-refractivity contribution in [1.82, 2.24) is 15.1 Å². The molecule has 1 aliphatic rings. The molecule has 0 aromatic heterocycles. The number of rotatable bonds is 6. The van der Waals surface area contributed by atoms with Crippen LogP contribution >= 0.6 is 15.9 Å². The van der Waals surface area contributed by atoms with Crippen molar-refractivity contribution >= 4 is 33.7 Å². The zero-order valence-corrected chi connectivity index (χ0v) is 20.1. The van der Waals surface area contributed by atoms with Crippen LogP contribution in [0.4, 0.5) is 17.6 Å². The van der Waals surface area contributed by atoms with Gasteiger partial charge in [0, 0.05) is 55.7 Å². The van der Waals surface area contributed by atoms with Gasteiger partial charge in [-0.1, -0.05) is 34.1 Å². The molecule has 0 bridgehead atoms. The molecule has 0 aliphatic carbocycles. The molecule has 0 radical (unpaired) electrons. The van der Waals surface area contributed by atoms with Crippen molar-refractivity contribution in [3.05, 3.63) is 69.9 Å². The maximum Gasteiger partial charge on any atom is 0.490 e. The molecule has 1 aliphatic heterocycles. The first-order valence-electron chi connectivity index (χ1n) is 10.5. The smallest absolute Gasteiger partial charge is 0.475 e. The Labute approximate surface area is 207 Å². The summed E-state index contributed by atoms with van der Waals surface area (Å²) < 4.78 is 45.8. The van der Waals surface area contributed by atoms with Crippen LogP contribution in [0.2, 0.25) is 0 Å². The molecule has 1 saturated heterocycles. The molecule has 7 nitrogen and oxygen atoms in total. The molecule has 190 valence electrons. The van der Waals surface area contributed by atoms with Gasteiger partial charge < -0.3 is 20.2 Å². The third-order valence-corrected chi connectivity index (χ3v) is 5.45. The summed E-state index contributed by atoms with van der Waals surface area (Å²) in [5.74, 6) is -3.18. The number of benzene rings is 2. The number of carboxylic acid groups (broad SMARTS) is 1. The van der Waals surface area contributed by atoms with Crippen molar-refractivity contribution in [3.63, 3.8) is 0 Å². The van der Waals surface area contributed by atoms with E-state index in [0.29, 0.717) is 31.7 Å². The van der Waals surface area contributed by atoms with E-state index in [9.17, 15) is 27.2 Å². The summed E-state index contributed by atoms with van der Waals surface area (Å²) in [5.41, 5.74) is 1.37. The minimum absolute atomic E-state index is 0.0487. The first-order chi connectivity index (χ1) is 16.5. The Morgan fingerprint density at radius 3 is 2.20 bits per heavy atom. The van der Waals surface area contributed by atoms with Gasteiger partial charge >= 0.3 is 12.1 Å². The minimum atomic E-state index is -5.08. The van der Waals surface area contributed by atoms with Crippen LogP contribution in [-0.2, 0) is 16.1 Å². The van der Waals surface area contributed by atoms with Crippen LogP contribution in [0.15, 0.2) is 53.0 Å². The highest BCUT2D eigenvalue weighted by Gasteiger charge is 2.38. The molecule has 0 spiro atoms. The van der Waals surface area contributed by atoms with E-state index >= 15 is 0 Å². The van der Waals surface area contributed by atoms with Gasteiger partial charge in [-0.3, -0.25) is 9.59 Å². The molecule has 1 fully saturated rings. The zero-order valence-electron chi connectivity index (χ0n) is 18.5. The van der Waals surface area contributed by atoms with Crippen molar-refractivity contribution in [2.75, 3.05) is 32.7 Å². The van der Waals surface area contributed by atoms with Crippen LogP contribution in [0.3, 0.4) is 0 Å². The molecule has 2 aromatic rings. The zero-order chi connectivity index (χ0) is 26.0. The highest BCUT2D eigenvalue weighted by Crippen LogP contribution is 2.16. The second-order valence-electron chi connectivity index (χ2n) is 7.55. The van der Waals surface area contributed by atoms with E-state index in [0.717, 1.165) is 23.1 Å². The molecule has 1 heterocycles. The highest BCUT2D eigenvalue weighted by atomic mass is 79.9. The second kappa shape index (κ2) is 13.2. The lowest BCUT2D eigenvalue weighted by atomic mass is 10.1. The van der Waals surface area contributed by atoms with Gasteiger partial charge in [0.2, 0.25) is 5.91 Å². The van der Waals surface area contributed by atoms with Gasteiger partial charge in [0.15, 0.2) is 0 Å². The van der Waals surface area contributed by atoms with Gasteiger partial charge in [0.1, 0.15) is 5.82 Å². The van der Waals surface area contributed by atoms with Crippen molar-refractivity contribution < 1.29 is 37.1 Å². The maximum absolute atomic E-state index is 13.2. The fourth-order valence-corrected chi connectivity index (χ4v) is 3.57. The van der Waals surface area contributed by atoms with Crippen LogP contribution in [0.5, 0.6) is 0 Å². The molecule has 2 aromatic carbocycles. The Bertz CT molecular complexity index is 1010. The summed E-state index contributed by atoms with van der Waals surface area (Å²) in [6.07, 6.45) is -4.82. The number of carbonyl (C=O) groups is 3. The topological polar surface area (TPSA) is 90.0 Å². The van der Waals surface area contributed by atoms with E-state index < -0.39 is 12.1 Å². The van der Waals surface area contributed by atoms with Crippen molar-refractivity contribution in [2.45, 2.75) is 19.1 Å². The van der Waals surface area contributed by atoms with Gasteiger partial charge in [-0.15, -0.1) is 0 Å². The predicted octanol–water partition coefficient (Wildman–Crippen LogP) is 3.69. The SMILES string of the molecule is O=C(CCN(Cc1ccc(F)cc1)C(=O)c1cccc(Br)c1)N1CCNCC1.O=C(O)C(F)(F)F. The van der Waals surface area contributed by atoms with Crippen LogP contribution in [-0.4, -0.2) is 71.6 Å². The Morgan fingerprint density at radius 1 is 1.06 bits per heavy atom. The van der Waals surface area contributed by atoms with E-state index in [4.69, 9.17) is 9.90 Å². The molecule has 0 unspecified atom stereocenters. The van der Waals surface area contributed by atoms with E-state index in [1.165, 1.54) is 12.1 Å². The second-order valence-corrected chi connectivity index (χ2v) is 8.46. The van der Waals surface area contributed by atoms with E-state index in [1.807, 2.05) is 11.0 Å². The Morgan fingerprint density at radius 2 is 1.66 bits per heavy atom. The van der Waals surface area contributed by atoms with Crippen molar-refractivity contribution in [3.8, 4) is 0 Å². The summed E-state index contributed by atoms with van der Waals surface area (Å²) in [4.78, 5) is 37.9. The number of amides is 2. The van der Waals surface area contributed by atoms with Crippen LogP contribution in [0.25, 0.3) is 0 Å². The highest BCUT2D eigenvalue weighted by molar-refractivity contribution is 9.10. The quantitative estimate of drug-likeness (QED) is 0.525. The summed E-state index contributed by atoms with van der Waals surface area (Å²) >= 11 is 3.39. The van der Waals surface area contributed by atoms with Crippen LogP contribution in [0.1, 0.15) is 22.3 Å². The third-order valence-electron chi connectivity index (χ3n) is 4.95. The lowest BCUT2D eigenvalue weighted by molar-refractivity contribution is -0.192. The third kappa shape index (κ3) is 9.65. The fraction of sp³-hybridized carbons (Fsp3) is 0.348. The summed E-state index contributed by atoms with van der Waals surface area (Å²) in [5, 5.41) is 10.3. The number of hydrogen-bond donors (Lipinski definition) is 2. The number of nitrogens with one attached hydrogen (secondary N) is 1. The number of nitrogens with zero attached hydrogens (tertiary/aromatic N) is 2. The molecule has 12 heteroatoms. The van der Waals surface area contributed by atoms with Crippen molar-refractivity contribution in [2.24, 2.45) is 0 Å². The van der Waals surface area contributed by atoms with Crippen molar-refractivity contribution in [1.29, 1.82) is 0 Å². The van der Waals surface area contributed by atoms with Gasteiger partial charge in [0.05, 0.1) is 0 Å². The fourth-order valence-electron chi connectivity index (χ4n) is 3.17. The number of halogens is 5. The molecule has 2 N–H and O–H groups in total. The number of carboxylic acids is 1. The number of alkyl halides is 3. The first kappa shape index (κ1) is 28.2. The molecule has 0 saturated carbocycles. The number of carbonyl (C=O) groups excluding carboxylic acids is 2. The molecule has 3 rings (SSSR count).